The molecule has 0 aliphatic carbocycles. The summed E-state index contributed by atoms with van der Waals surface area (Å²) in [5, 5.41) is 36.1. The maximum Gasteiger partial charge on any atom is 2.00 e. The van der Waals surface area contributed by atoms with Crippen molar-refractivity contribution in [2.24, 2.45) is 5.73 Å². The number of carboxylic acids is 2. The Kier molecular flexibility index (Phi) is 19.8. The molecule has 5 N–H and O–H groups in total. The molecule has 1 saturated heterocycles. The first kappa shape index (κ1) is 21.7. The molecule has 1 fully saturated rings. The number of hydrogen-bond donors (Lipinski definition) is 4. The monoisotopic (exact) mass is 431 g/mol. The molecular formula is C8H16N2O6Pt. The number of aliphatic hydroxyl groups is 2. The van der Waals surface area contributed by atoms with Gasteiger partial charge in [-0.15, -0.1) is 0 Å². The summed E-state index contributed by atoms with van der Waals surface area (Å²) in [5.41, 5.74) is 5.47. The van der Waals surface area contributed by atoms with Crippen molar-refractivity contribution >= 4 is 11.9 Å². The fraction of sp³-hybridized carbons (Fsp3) is 0.750. The fourth-order valence-electron chi connectivity index (χ4n) is 0.677. The smallest absolute Gasteiger partial charge is 0.548 e. The van der Waals surface area contributed by atoms with Gasteiger partial charge in [-0.25, -0.2) is 0 Å². The average Bonchev–Trinajstić information content (AvgIpc) is 2.71. The molecule has 0 radical (unpaired) electrons. The Morgan fingerprint density at radius 1 is 1.24 bits per heavy atom. The van der Waals surface area contributed by atoms with Gasteiger partial charge in [0, 0.05) is 12.6 Å². The van der Waals surface area contributed by atoms with Crippen LogP contribution in [0.25, 0.3) is 0 Å². The molecule has 0 aromatic rings. The predicted molar refractivity (Wildman–Crippen MR) is 49.6 cm³/mol. The first-order valence-electron chi connectivity index (χ1n) is 4.51. The zero-order valence-electron chi connectivity index (χ0n) is 9.03. The number of carbonyl (C=O) groups is 2. The minimum absolute atomic E-state index is 0. The fourth-order valence-corrected chi connectivity index (χ4v) is 0.677. The molecule has 0 aromatic heterocycles. The summed E-state index contributed by atoms with van der Waals surface area (Å²) >= 11 is 0. The molecule has 1 heterocycles. The Morgan fingerprint density at radius 2 is 1.59 bits per heavy atom. The van der Waals surface area contributed by atoms with E-state index in [4.69, 9.17) is 35.7 Å². The summed E-state index contributed by atoms with van der Waals surface area (Å²) in [4.78, 5) is 18.0. The predicted octanol–water partition coefficient (Wildman–Crippen LogP) is -5.24. The quantitative estimate of drug-likeness (QED) is 0.338. The van der Waals surface area contributed by atoms with Crippen LogP contribution in [0, 0.1) is 0 Å². The van der Waals surface area contributed by atoms with Crippen molar-refractivity contribution in [2.45, 2.75) is 12.5 Å². The minimum Gasteiger partial charge on any atom is -0.548 e. The average molecular weight is 431 g/mol. The van der Waals surface area contributed by atoms with Crippen LogP contribution in [-0.4, -0.2) is 54.5 Å². The minimum atomic E-state index is -1.44. The number of nitrogens with one attached hydrogen (secondary N) is 1. The molecule has 104 valence electrons. The second kappa shape index (κ2) is 15.5. The Balaban J connectivity index is -0.000000170. The van der Waals surface area contributed by atoms with Gasteiger partial charge < -0.3 is 41.1 Å². The normalized spacial score (nSPS) is 16.5. The first-order valence-corrected chi connectivity index (χ1v) is 4.51. The number of carbonyl (C=O) groups excluding carboxylic acids is 2. The van der Waals surface area contributed by atoms with E-state index >= 15 is 0 Å². The van der Waals surface area contributed by atoms with Crippen molar-refractivity contribution in [1.29, 1.82) is 0 Å². The summed E-state index contributed by atoms with van der Waals surface area (Å²) in [5.74, 6) is -2.88. The van der Waals surface area contributed by atoms with Crippen molar-refractivity contribution in [3.05, 3.63) is 0 Å². The molecule has 1 aliphatic heterocycles. The standard InChI is InChI=1S/C4H10N2.2C2H4O3.Pt/c5-4-1-2-6-3-4;2*3-1-2(4)5;/h4,6H,1-3,5H2;2*3H,1H2,(H,4,5);/q;;;+2/p-2. The van der Waals surface area contributed by atoms with E-state index in [9.17, 15) is 0 Å². The Morgan fingerprint density at radius 3 is 1.65 bits per heavy atom. The molecular weight excluding hydrogens is 415 g/mol. The van der Waals surface area contributed by atoms with Crippen LogP contribution in [0.15, 0.2) is 0 Å². The van der Waals surface area contributed by atoms with Gasteiger partial charge in [-0.2, -0.15) is 0 Å². The van der Waals surface area contributed by atoms with Crippen molar-refractivity contribution in [3.8, 4) is 0 Å². The largest absolute Gasteiger partial charge is 2.00 e. The van der Waals surface area contributed by atoms with Crippen molar-refractivity contribution < 1.29 is 51.1 Å². The van der Waals surface area contributed by atoms with E-state index in [0.29, 0.717) is 6.04 Å². The SMILES string of the molecule is NC1CCNC1.O=C([O-])CO.O=C([O-])CO.[Pt+2]. The number of aliphatic hydroxyl groups excluding tert-OH is 2. The van der Waals surface area contributed by atoms with Crippen molar-refractivity contribution in [2.75, 3.05) is 26.3 Å². The number of rotatable bonds is 2. The third-order valence-electron chi connectivity index (χ3n) is 1.36. The van der Waals surface area contributed by atoms with Gasteiger partial charge >= 0.3 is 21.1 Å². The molecule has 0 saturated carbocycles. The summed E-state index contributed by atoms with van der Waals surface area (Å²) in [6.45, 7) is 0.348. The van der Waals surface area contributed by atoms with Crippen molar-refractivity contribution in [1.82, 2.24) is 5.32 Å². The molecule has 1 unspecified atom stereocenters. The Hall–Kier alpha value is -0.532. The molecule has 9 heteroatoms. The molecule has 0 spiro atoms. The molecule has 0 aromatic carbocycles. The zero-order valence-corrected chi connectivity index (χ0v) is 11.3. The molecule has 0 bridgehead atoms. The zero-order chi connectivity index (χ0) is 13.0. The van der Waals surface area contributed by atoms with Crippen LogP contribution in [0.4, 0.5) is 0 Å². The molecule has 1 aliphatic rings. The van der Waals surface area contributed by atoms with Crippen molar-refractivity contribution in [3.63, 3.8) is 0 Å². The molecule has 0 amide bonds. The van der Waals surface area contributed by atoms with E-state index in [-0.39, 0.29) is 21.1 Å². The third kappa shape index (κ3) is 25.6. The maximum atomic E-state index is 9.01. The van der Waals surface area contributed by atoms with E-state index in [0.717, 1.165) is 19.5 Å². The van der Waals surface area contributed by atoms with Crippen LogP contribution < -0.4 is 21.3 Å². The molecule has 17 heavy (non-hydrogen) atoms. The van der Waals surface area contributed by atoms with E-state index in [1.807, 2.05) is 0 Å². The van der Waals surface area contributed by atoms with E-state index < -0.39 is 25.2 Å². The van der Waals surface area contributed by atoms with Crippen LogP contribution in [0.2, 0.25) is 0 Å². The van der Waals surface area contributed by atoms with Gasteiger partial charge in [0.15, 0.2) is 0 Å². The number of aliphatic carboxylic acids is 2. The third-order valence-corrected chi connectivity index (χ3v) is 1.36. The van der Waals surface area contributed by atoms with E-state index in [2.05, 4.69) is 5.32 Å². The van der Waals surface area contributed by atoms with Gasteiger partial charge in [0.25, 0.3) is 0 Å². The van der Waals surface area contributed by atoms with Gasteiger partial charge in [0.2, 0.25) is 0 Å². The summed E-state index contributed by atoms with van der Waals surface area (Å²) in [6.07, 6.45) is 1.15. The van der Waals surface area contributed by atoms with Crippen LogP contribution in [0.1, 0.15) is 6.42 Å². The van der Waals surface area contributed by atoms with Gasteiger partial charge in [0.05, 0.1) is 25.2 Å². The van der Waals surface area contributed by atoms with Gasteiger partial charge in [-0.05, 0) is 13.0 Å². The summed E-state index contributed by atoms with van der Waals surface area (Å²) in [7, 11) is 0. The van der Waals surface area contributed by atoms with E-state index in [1.165, 1.54) is 0 Å². The molecule has 1 rings (SSSR count). The first-order chi connectivity index (χ1) is 7.43. The van der Waals surface area contributed by atoms with Crippen LogP contribution >= 0.6 is 0 Å². The molecule has 1 atom stereocenters. The topological polar surface area (TPSA) is 159 Å². The molecule has 8 nitrogen and oxygen atoms in total. The van der Waals surface area contributed by atoms with Crippen LogP contribution in [-0.2, 0) is 30.7 Å². The number of hydrogen-bond acceptors (Lipinski definition) is 8. The van der Waals surface area contributed by atoms with Crippen LogP contribution in [0.3, 0.4) is 0 Å². The second-order valence-electron chi connectivity index (χ2n) is 2.81. The van der Waals surface area contributed by atoms with Gasteiger partial charge in [0.1, 0.15) is 0 Å². The van der Waals surface area contributed by atoms with Gasteiger partial charge in [-0.1, -0.05) is 0 Å². The summed E-state index contributed by atoms with van der Waals surface area (Å²) in [6, 6.07) is 0.435. The maximum absolute atomic E-state index is 9.01. The summed E-state index contributed by atoms with van der Waals surface area (Å²) < 4.78 is 0. The number of nitrogens with two attached hydrogens (primary N) is 1. The Bertz CT molecular complexity index is 184. The number of carboxylic acid groups (broad SMARTS) is 2. The van der Waals surface area contributed by atoms with Gasteiger partial charge in [-0.3, -0.25) is 0 Å². The second-order valence-corrected chi connectivity index (χ2v) is 2.81. The van der Waals surface area contributed by atoms with Crippen LogP contribution in [0.5, 0.6) is 0 Å². The Labute approximate surface area is 113 Å². The van der Waals surface area contributed by atoms with E-state index in [1.54, 1.807) is 0 Å².